The molecule has 2 aromatic rings. The molecule has 1 atom stereocenters. The smallest absolute Gasteiger partial charge is 0.247 e. The number of hydrogen-bond donors (Lipinski definition) is 1. The van der Waals surface area contributed by atoms with Gasteiger partial charge in [0.05, 0.1) is 7.11 Å². The van der Waals surface area contributed by atoms with Crippen LogP contribution in [0.4, 0.5) is 5.69 Å². The van der Waals surface area contributed by atoms with E-state index in [0.717, 1.165) is 23.6 Å². The Hall–Kier alpha value is -2.56. The van der Waals surface area contributed by atoms with Gasteiger partial charge in [0.2, 0.25) is 5.91 Å². The van der Waals surface area contributed by atoms with Crippen LogP contribution in [-0.2, 0) is 11.2 Å². The Labute approximate surface area is 156 Å². The van der Waals surface area contributed by atoms with Crippen molar-refractivity contribution < 1.29 is 9.53 Å². The van der Waals surface area contributed by atoms with Crippen molar-refractivity contribution in [1.29, 1.82) is 0 Å². The maximum atomic E-state index is 13.0. The summed E-state index contributed by atoms with van der Waals surface area (Å²) in [5.41, 5.74) is 2.33. The zero-order chi connectivity index (χ0) is 19.3. The molecule has 0 fully saturated rings. The molecule has 26 heavy (non-hydrogen) atoms. The summed E-state index contributed by atoms with van der Waals surface area (Å²) in [7, 11) is 3.48. The van der Waals surface area contributed by atoms with Gasteiger partial charge < -0.3 is 15.0 Å². The van der Waals surface area contributed by atoms with Crippen LogP contribution in [0.5, 0.6) is 5.75 Å². The molecule has 1 aromatic heterocycles. The second-order valence-corrected chi connectivity index (χ2v) is 7.27. The van der Waals surface area contributed by atoms with Crippen molar-refractivity contribution in [2.24, 2.45) is 0 Å². The van der Waals surface area contributed by atoms with Crippen LogP contribution >= 0.6 is 0 Å². The predicted octanol–water partition coefficient (Wildman–Crippen LogP) is 3.68. The van der Waals surface area contributed by atoms with Gasteiger partial charge >= 0.3 is 0 Å². The fraction of sp³-hybridized carbons (Fsp3) is 0.429. The number of ether oxygens (including phenoxy) is 1. The number of nitrogens with one attached hydrogen (secondary N) is 1. The molecule has 1 aromatic carbocycles. The topological polar surface area (TPSA) is 54.5 Å². The summed E-state index contributed by atoms with van der Waals surface area (Å²) in [4.78, 5) is 19.2. The number of carbonyl (C=O) groups excluding carboxylic acids is 1. The molecule has 140 valence electrons. The molecule has 0 aliphatic heterocycles. The van der Waals surface area contributed by atoms with Gasteiger partial charge in [-0.3, -0.25) is 9.78 Å². The minimum Gasteiger partial charge on any atom is -0.497 e. The molecule has 1 heterocycles. The molecular formula is C21H29N3O2. The number of rotatable bonds is 7. The lowest BCUT2D eigenvalue weighted by Crippen LogP contribution is -2.51. The van der Waals surface area contributed by atoms with Gasteiger partial charge in [0.15, 0.2) is 0 Å². The highest BCUT2D eigenvalue weighted by Crippen LogP contribution is 2.21. The molecule has 1 amide bonds. The summed E-state index contributed by atoms with van der Waals surface area (Å²) in [6, 6.07) is 11.7. The maximum absolute atomic E-state index is 13.0. The molecule has 0 saturated carbocycles. The minimum atomic E-state index is -0.725. The van der Waals surface area contributed by atoms with Crippen LogP contribution in [0.15, 0.2) is 42.6 Å². The van der Waals surface area contributed by atoms with Crippen LogP contribution in [0.25, 0.3) is 0 Å². The molecule has 0 aliphatic rings. The Kier molecular flexibility index (Phi) is 6.24. The molecule has 1 unspecified atom stereocenters. The molecule has 0 bridgehead atoms. The molecule has 0 spiro atoms. The highest BCUT2D eigenvalue weighted by atomic mass is 16.5. The van der Waals surface area contributed by atoms with Crippen molar-refractivity contribution >= 4 is 11.6 Å². The normalized spacial score (nSPS) is 12.4. The largest absolute Gasteiger partial charge is 0.497 e. The predicted molar refractivity (Wildman–Crippen MR) is 106 cm³/mol. The van der Waals surface area contributed by atoms with E-state index in [1.165, 1.54) is 5.56 Å². The summed E-state index contributed by atoms with van der Waals surface area (Å²) < 4.78 is 5.17. The third-order valence-electron chi connectivity index (χ3n) is 4.54. The molecule has 5 nitrogen and oxygen atoms in total. The first kappa shape index (κ1) is 19.8. The van der Waals surface area contributed by atoms with Crippen molar-refractivity contribution in [2.45, 2.75) is 45.7 Å². The van der Waals surface area contributed by atoms with Gasteiger partial charge in [-0.2, -0.15) is 0 Å². The van der Waals surface area contributed by atoms with Crippen LogP contribution in [0, 0.1) is 6.92 Å². The number of hydrogen-bond acceptors (Lipinski definition) is 4. The Morgan fingerprint density at radius 2 is 1.92 bits per heavy atom. The Balaban J connectivity index is 2.03. The third-order valence-corrected chi connectivity index (χ3v) is 4.54. The summed E-state index contributed by atoms with van der Waals surface area (Å²) in [5, 5.41) is 3.32. The molecule has 2 rings (SSSR count). The van der Waals surface area contributed by atoms with Crippen LogP contribution in [0.1, 0.15) is 32.0 Å². The van der Waals surface area contributed by atoms with Gasteiger partial charge in [-0.1, -0.05) is 0 Å². The van der Waals surface area contributed by atoms with E-state index in [1.807, 2.05) is 71.3 Å². The lowest BCUT2D eigenvalue weighted by molar-refractivity contribution is -0.135. The summed E-state index contributed by atoms with van der Waals surface area (Å²) in [6.07, 6.45) is 2.54. The molecule has 0 aliphatic carbocycles. The van der Waals surface area contributed by atoms with Gasteiger partial charge in [0, 0.05) is 37.1 Å². The van der Waals surface area contributed by atoms with Crippen molar-refractivity contribution in [2.75, 3.05) is 19.5 Å². The third kappa shape index (κ3) is 4.97. The van der Waals surface area contributed by atoms with Gasteiger partial charge in [-0.25, -0.2) is 0 Å². The monoisotopic (exact) mass is 355 g/mol. The molecule has 1 N–H and O–H groups in total. The van der Waals surface area contributed by atoms with Crippen LogP contribution in [-0.4, -0.2) is 41.5 Å². The second-order valence-electron chi connectivity index (χ2n) is 7.27. The first-order chi connectivity index (χ1) is 12.2. The number of pyridine rings is 1. The van der Waals surface area contributed by atoms with Crippen molar-refractivity contribution in [1.82, 2.24) is 9.88 Å². The van der Waals surface area contributed by atoms with Crippen molar-refractivity contribution in [3.63, 3.8) is 0 Å². The standard InChI is InChI=1S/C21H29N3O2/c1-15-11-12-22-18(13-15)14-16(2)24(5)20(25)21(3,4)23-17-7-9-19(26-6)10-8-17/h7-13,16,23H,14H2,1-6H3. The van der Waals surface area contributed by atoms with E-state index in [-0.39, 0.29) is 11.9 Å². The number of nitrogens with zero attached hydrogens (tertiary/aromatic N) is 2. The fourth-order valence-electron chi connectivity index (χ4n) is 2.88. The lowest BCUT2D eigenvalue weighted by Gasteiger charge is -2.34. The number of benzene rings is 1. The van der Waals surface area contributed by atoms with E-state index in [2.05, 4.69) is 16.4 Å². The lowest BCUT2D eigenvalue weighted by atomic mass is 10.0. The van der Waals surface area contributed by atoms with Crippen molar-refractivity contribution in [3.8, 4) is 5.75 Å². The fourth-order valence-corrected chi connectivity index (χ4v) is 2.88. The number of carbonyl (C=O) groups is 1. The highest BCUT2D eigenvalue weighted by molar-refractivity contribution is 5.88. The summed E-state index contributed by atoms with van der Waals surface area (Å²) in [6.45, 7) is 7.89. The molecule has 0 radical (unpaired) electrons. The van der Waals surface area contributed by atoms with Crippen molar-refractivity contribution in [3.05, 3.63) is 53.9 Å². The van der Waals surface area contributed by atoms with E-state index in [0.29, 0.717) is 0 Å². The van der Waals surface area contributed by atoms with E-state index < -0.39 is 5.54 Å². The maximum Gasteiger partial charge on any atom is 0.247 e. The van der Waals surface area contributed by atoms with Crippen LogP contribution in [0.2, 0.25) is 0 Å². The average Bonchev–Trinajstić information content (AvgIpc) is 2.60. The SMILES string of the molecule is COc1ccc(NC(C)(C)C(=O)N(C)C(C)Cc2cc(C)ccn2)cc1. The highest BCUT2D eigenvalue weighted by Gasteiger charge is 2.32. The number of amides is 1. The number of aryl methyl sites for hydroxylation is 1. The van der Waals surface area contributed by atoms with Gasteiger partial charge in [-0.15, -0.1) is 0 Å². The van der Waals surface area contributed by atoms with Gasteiger partial charge in [-0.05, 0) is 69.7 Å². The van der Waals surface area contributed by atoms with Gasteiger partial charge in [0.1, 0.15) is 11.3 Å². The zero-order valence-electron chi connectivity index (χ0n) is 16.5. The Morgan fingerprint density at radius 1 is 1.27 bits per heavy atom. The Bertz CT molecular complexity index is 741. The molecular weight excluding hydrogens is 326 g/mol. The quantitative estimate of drug-likeness (QED) is 0.823. The van der Waals surface area contributed by atoms with Crippen LogP contribution < -0.4 is 10.1 Å². The number of methoxy groups -OCH3 is 1. The van der Waals surface area contributed by atoms with E-state index in [4.69, 9.17) is 4.74 Å². The first-order valence-electron chi connectivity index (χ1n) is 8.84. The Morgan fingerprint density at radius 3 is 2.50 bits per heavy atom. The number of likely N-dealkylation sites (N-methyl/N-ethyl adjacent to an activating group) is 1. The summed E-state index contributed by atoms with van der Waals surface area (Å²) in [5.74, 6) is 0.824. The minimum absolute atomic E-state index is 0.0356. The molecule has 5 heteroatoms. The summed E-state index contributed by atoms with van der Waals surface area (Å²) >= 11 is 0. The van der Waals surface area contributed by atoms with Gasteiger partial charge in [0.25, 0.3) is 0 Å². The second kappa shape index (κ2) is 8.21. The first-order valence-corrected chi connectivity index (χ1v) is 8.84. The number of anilines is 1. The van der Waals surface area contributed by atoms with E-state index >= 15 is 0 Å². The van der Waals surface area contributed by atoms with Crippen LogP contribution in [0.3, 0.4) is 0 Å². The average molecular weight is 355 g/mol. The van der Waals surface area contributed by atoms with E-state index in [9.17, 15) is 4.79 Å². The van der Waals surface area contributed by atoms with E-state index in [1.54, 1.807) is 12.0 Å². The molecule has 0 saturated heterocycles. The number of aromatic nitrogens is 1. The zero-order valence-corrected chi connectivity index (χ0v) is 16.5.